The van der Waals surface area contributed by atoms with Gasteiger partial charge in [-0.1, -0.05) is 0 Å². The molecule has 0 spiro atoms. The summed E-state index contributed by atoms with van der Waals surface area (Å²) >= 11 is 0. The average molecular weight is 542 g/mol. The highest BCUT2D eigenvalue weighted by atomic mass is 31.2. The molecular formula is C22H36N7O7P. The molecule has 2 heterocycles. The normalized spacial score (nSPS) is 15.7. The van der Waals surface area contributed by atoms with Crippen LogP contribution in [0.15, 0.2) is 6.33 Å². The largest absolute Gasteiger partial charge is 0.473 e. The molecule has 0 aromatic carbocycles. The molecule has 1 aliphatic carbocycles. The molecule has 0 unspecified atom stereocenters. The number of nitrogens with two attached hydrogens (primary N) is 1. The van der Waals surface area contributed by atoms with E-state index in [1.54, 1.807) is 24.7 Å². The van der Waals surface area contributed by atoms with Crippen molar-refractivity contribution in [2.75, 3.05) is 31.9 Å². The standard InChI is InChI=1S/C22H36N7O7P/c1-5-34-20(30)14(3)27-37(32,28-15(4)21(31)35-6-2)13-33-11-10-29-12-24-17-18(29)25-22(23)26-19(17)36-16-8-7-9-16/h12,14-16H,5-11,13H2,1-4H3,(H2,23,25,26)(H2,27,28,32)/t14-,15-/m0/s1. The number of nitrogen functional groups attached to an aromatic ring is 1. The maximum Gasteiger partial charge on any atom is 0.323 e. The number of esters is 2. The molecule has 14 nitrogen and oxygen atoms in total. The summed E-state index contributed by atoms with van der Waals surface area (Å²) < 4.78 is 36.9. The molecule has 206 valence electrons. The van der Waals surface area contributed by atoms with E-state index in [4.69, 9.17) is 24.7 Å². The Hall–Kier alpha value is -2.80. The Kier molecular flexibility index (Phi) is 10.2. The Bertz CT molecular complexity index is 1090. The number of aromatic nitrogens is 4. The zero-order chi connectivity index (χ0) is 27.0. The summed E-state index contributed by atoms with van der Waals surface area (Å²) in [4.78, 5) is 37.0. The van der Waals surface area contributed by atoms with Gasteiger partial charge < -0.3 is 29.2 Å². The van der Waals surface area contributed by atoms with Gasteiger partial charge in [0.2, 0.25) is 19.3 Å². The molecule has 0 saturated heterocycles. The minimum Gasteiger partial charge on any atom is -0.473 e. The third-order valence-corrected chi connectivity index (χ3v) is 7.77. The second-order valence-electron chi connectivity index (χ2n) is 8.65. The third kappa shape index (κ3) is 7.84. The van der Waals surface area contributed by atoms with Crippen LogP contribution in [0.4, 0.5) is 5.95 Å². The summed E-state index contributed by atoms with van der Waals surface area (Å²) in [5.41, 5.74) is 6.88. The molecule has 0 radical (unpaired) electrons. The Morgan fingerprint density at radius 2 is 1.76 bits per heavy atom. The van der Waals surface area contributed by atoms with E-state index >= 15 is 0 Å². The van der Waals surface area contributed by atoms with E-state index in [1.165, 1.54) is 13.8 Å². The van der Waals surface area contributed by atoms with Crippen molar-refractivity contribution in [3.8, 4) is 5.88 Å². The van der Waals surface area contributed by atoms with Crippen molar-refractivity contribution in [1.29, 1.82) is 0 Å². The van der Waals surface area contributed by atoms with E-state index < -0.39 is 31.5 Å². The monoisotopic (exact) mass is 541 g/mol. The van der Waals surface area contributed by atoms with Crippen LogP contribution in [0.3, 0.4) is 0 Å². The van der Waals surface area contributed by atoms with Gasteiger partial charge in [-0.25, -0.2) is 15.2 Å². The van der Waals surface area contributed by atoms with Crippen molar-refractivity contribution >= 4 is 36.5 Å². The second kappa shape index (κ2) is 13.1. The van der Waals surface area contributed by atoms with Crippen molar-refractivity contribution in [3.63, 3.8) is 0 Å². The van der Waals surface area contributed by atoms with E-state index in [9.17, 15) is 14.2 Å². The molecule has 1 aliphatic rings. The van der Waals surface area contributed by atoms with Gasteiger partial charge in [-0.2, -0.15) is 9.97 Å². The number of anilines is 1. The lowest BCUT2D eigenvalue weighted by atomic mass is 9.96. The Morgan fingerprint density at radius 3 is 2.30 bits per heavy atom. The molecule has 4 N–H and O–H groups in total. The molecule has 1 saturated carbocycles. The van der Waals surface area contributed by atoms with Gasteiger partial charge in [0.15, 0.2) is 11.2 Å². The summed E-state index contributed by atoms with van der Waals surface area (Å²) in [7, 11) is -3.58. The van der Waals surface area contributed by atoms with Crippen LogP contribution in [0.2, 0.25) is 0 Å². The minimum atomic E-state index is -3.58. The van der Waals surface area contributed by atoms with E-state index in [0.717, 1.165) is 19.3 Å². The first kappa shape index (κ1) is 28.8. The predicted molar refractivity (Wildman–Crippen MR) is 135 cm³/mol. The molecular weight excluding hydrogens is 505 g/mol. The smallest absolute Gasteiger partial charge is 0.323 e. The van der Waals surface area contributed by atoms with Gasteiger partial charge in [0, 0.05) is 6.54 Å². The molecule has 3 rings (SSSR count). The lowest BCUT2D eigenvalue weighted by Gasteiger charge is -2.26. The van der Waals surface area contributed by atoms with Crippen LogP contribution in [-0.4, -0.2) is 75.8 Å². The summed E-state index contributed by atoms with van der Waals surface area (Å²) in [5, 5.41) is 5.48. The first-order chi connectivity index (χ1) is 17.7. The lowest BCUT2D eigenvalue weighted by Crippen LogP contribution is -2.42. The summed E-state index contributed by atoms with van der Waals surface area (Å²) in [6.07, 6.45) is 4.43. The number of hydrogen-bond donors (Lipinski definition) is 3. The van der Waals surface area contributed by atoms with Crippen LogP contribution in [0.25, 0.3) is 11.2 Å². The Labute approximate surface area is 215 Å². The van der Waals surface area contributed by atoms with Crippen molar-refractivity contribution in [3.05, 3.63) is 6.33 Å². The predicted octanol–water partition coefficient (Wildman–Crippen LogP) is 1.59. The number of nitrogens with one attached hydrogen (secondary N) is 2. The van der Waals surface area contributed by atoms with Crippen LogP contribution in [0.5, 0.6) is 5.88 Å². The van der Waals surface area contributed by atoms with E-state index in [1.807, 2.05) is 0 Å². The number of imidazole rings is 1. The van der Waals surface area contributed by atoms with Crippen LogP contribution < -0.4 is 20.6 Å². The fourth-order valence-corrected chi connectivity index (χ4v) is 5.63. The third-order valence-electron chi connectivity index (χ3n) is 5.61. The molecule has 0 aliphatic heterocycles. The van der Waals surface area contributed by atoms with Gasteiger partial charge in [-0.15, -0.1) is 0 Å². The van der Waals surface area contributed by atoms with Gasteiger partial charge in [-0.05, 0) is 47.0 Å². The first-order valence-electron chi connectivity index (χ1n) is 12.4. The van der Waals surface area contributed by atoms with Crippen LogP contribution in [0, 0.1) is 0 Å². The van der Waals surface area contributed by atoms with E-state index in [2.05, 4.69) is 25.1 Å². The summed E-state index contributed by atoms with van der Waals surface area (Å²) in [5.74, 6) is -0.722. The summed E-state index contributed by atoms with van der Waals surface area (Å²) in [6.45, 7) is 7.19. The summed E-state index contributed by atoms with van der Waals surface area (Å²) in [6, 6.07) is -1.80. The number of carbonyl (C=O) groups is 2. The first-order valence-corrected chi connectivity index (χ1v) is 14.3. The second-order valence-corrected chi connectivity index (χ2v) is 10.9. The molecule has 0 bridgehead atoms. The van der Waals surface area contributed by atoms with Gasteiger partial charge >= 0.3 is 11.9 Å². The number of rotatable bonds is 15. The van der Waals surface area contributed by atoms with Crippen LogP contribution in [0.1, 0.15) is 47.0 Å². The number of hydrogen-bond acceptors (Lipinski definition) is 11. The fourth-order valence-electron chi connectivity index (χ4n) is 3.56. The van der Waals surface area contributed by atoms with Gasteiger partial charge in [0.05, 0.1) is 26.1 Å². The zero-order valence-corrected chi connectivity index (χ0v) is 22.5. The molecule has 15 heteroatoms. The minimum absolute atomic E-state index is 0.0725. The lowest BCUT2D eigenvalue weighted by molar-refractivity contribution is -0.145. The number of carbonyl (C=O) groups excluding carboxylic acids is 2. The average Bonchev–Trinajstić information content (AvgIpc) is 3.22. The van der Waals surface area contributed by atoms with Crippen LogP contribution in [-0.2, 0) is 34.9 Å². The number of nitrogens with zero attached hydrogens (tertiary/aromatic N) is 4. The van der Waals surface area contributed by atoms with Crippen molar-refractivity contribution in [2.24, 2.45) is 0 Å². The number of ether oxygens (including phenoxy) is 4. The van der Waals surface area contributed by atoms with Crippen LogP contribution >= 0.6 is 7.44 Å². The zero-order valence-electron chi connectivity index (χ0n) is 21.6. The van der Waals surface area contributed by atoms with Gasteiger partial charge in [0.25, 0.3) is 0 Å². The Balaban J connectivity index is 1.65. The topological polar surface area (TPSA) is 182 Å². The maximum absolute atomic E-state index is 13.6. The molecule has 0 amide bonds. The molecule has 1 fully saturated rings. The highest BCUT2D eigenvalue weighted by Crippen LogP contribution is 2.37. The van der Waals surface area contributed by atoms with Crippen molar-refractivity contribution in [2.45, 2.75) is 71.7 Å². The highest BCUT2D eigenvalue weighted by Gasteiger charge is 2.32. The molecule has 2 atom stereocenters. The molecule has 2 aromatic heterocycles. The van der Waals surface area contributed by atoms with Gasteiger partial charge in [-0.3, -0.25) is 14.2 Å². The van der Waals surface area contributed by atoms with E-state index in [-0.39, 0.29) is 38.2 Å². The SMILES string of the molecule is CCOC(=O)[C@H](C)NP(=O)(COCCn1cnc2c(OC3CCC3)nc(N)nc21)N[C@@H](C)C(=O)OCC. The molecule has 2 aromatic rings. The van der Waals surface area contributed by atoms with E-state index in [0.29, 0.717) is 23.6 Å². The van der Waals surface area contributed by atoms with Gasteiger partial charge in [0.1, 0.15) is 24.5 Å². The maximum atomic E-state index is 13.6. The van der Waals surface area contributed by atoms with Crippen molar-refractivity contribution < 1.29 is 33.1 Å². The number of fused-ring (bicyclic) bond motifs is 1. The molecule has 37 heavy (non-hydrogen) atoms. The van der Waals surface area contributed by atoms with Crippen molar-refractivity contribution in [1.82, 2.24) is 29.7 Å². The fraction of sp³-hybridized carbons (Fsp3) is 0.682. The Morgan fingerprint density at radius 1 is 1.14 bits per heavy atom. The quantitative estimate of drug-likeness (QED) is 0.168. The highest BCUT2D eigenvalue weighted by molar-refractivity contribution is 7.59.